The number of carbonyl (C=O) groups is 2. The molecule has 0 aliphatic heterocycles. The lowest BCUT2D eigenvalue weighted by atomic mass is 10.2. The molecule has 1 amide bonds. The van der Waals surface area contributed by atoms with E-state index in [0.29, 0.717) is 22.3 Å². The van der Waals surface area contributed by atoms with Crippen LogP contribution in [-0.4, -0.2) is 35.0 Å². The minimum absolute atomic E-state index is 0.177. The van der Waals surface area contributed by atoms with E-state index in [1.165, 1.54) is 11.1 Å². The van der Waals surface area contributed by atoms with E-state index in [1.807, 2.05) is 25.1 Å². The summed E-state index contributed by atoms with van der Waals surface area (Å²) in [5.41, 5.74) is 3.24. The van der Waals surface area contributed by atoms with E-state index in [4.69, 9.17) is 10.00 Å². The summed E-state index contributed by atoms with van der Waals surface area (Å²) in [6, 6.07) is 14.2. The maximum absolute atomic E-state index is 12.6. The molecule has 0 spiro atoms. The van der Waals surface area contributed by atoms with Gasteiger partial charge in [-0.2, -0.15) is 5.26 Å². The fraction of sp³-hybridized carbons (Fsp3) is 0.190. The van der Waals surface area contributed by atoms with Gasteiger partial charge in [0, 0.05) is 24.6 Å². The highest BCUT2D eigenvalue weighted by molar-refractivity contribution is 5.98. The topological polar surface area (TPSA) is 96.2 Å². The molecule has 7 nitrogen and oxygen atoms in total. The number of hydrogen-bond donors (Lipinski definition) is 0. The first-order chi connectivity index (χ1) is 13.6. The van der Waals surface area contributed by atoms with E-state index in [9.17, 15) is 9.59 Å². The molecule has 3 rings (SSSR count). The van der Waals surface area contributed by atoms with Crippen LogP contribution in [0.1, 0.15) is 22.3 Å². The summed E-state index contributed by atoms with van der Waals surface area (Å²) in [6.07, 6.45) is 3.28. The Kier molecular flexibility index (Phi) is 5.92. The molecule has 0 aliphatic rings. The van der Waals surface area contributed by atoms with E-state index in [0.717, 1.165) is 5.56 Å². The van der Waals surface area contributed by atoms with Gasteiger partial charge < -0.3 is 9.64 Å². The average molecular weight is 374 g/mol. The summed E-state index contributed by atoms with van der Waals surface area (Å²) >= 11 is 0. The SMILES string of the molecule is Cc1ccc(N(CCC#N)C(=O)COC(=O)c2ccc3nccnc3c2)cc1. The minimum Gasteiger partial charge on any atom is -0.452 e. The number of ether oxygens (including phenoxy) is 1. The van der Waals surface area contributed by atoms with Crippen molar-refractivity contribution >= 4 is 28.6 Å². The largest absolute Gasteiger partial charge is 0.452 e. The molecule has 0 N–H and O–H groups in total. The summed E-state index contributed by atoms with van der Waals surface area (Å²) in [6.45, 7) is 1.75. The number of nitriles is 1. The number of carbonyl (C=O) groups excluding carboxylic acids is 2. The first kappa shape index (κ1) is 19.0. The van der Waals surface area contributed by atoms with Gasteiger partial charge in [0.15, 0.2) is 6.61 Å². The van der Waals surface area contributed by atoms with Crippen molar-refractivity contribution in [3.8, 4) is 6.07 Å². The number of fused-ring (bicyclic) bond motifs is 1. The number of amides is 1. The Morgan fingerprint density at radius 1 is 1.07 bits per heavy atom. The van der Waals surface area contributed by atoms with Gasteiger partial charge in [-0.05, 0) is 37.3 Å². The number of nitrogens with zero attached hydrogens (tertiary/aromatic N) is 4. The second-order valence-electron chi connectivity index (χ2n) is 6.13. The van der Waals surface area contributed by atoms with Crippen LogP contribution < -0.4 is 4.90 Å². The number of rotatable bonds is 6. The molecule has 0 atom stereocenters. The van der Waals surface area contributed by atoms with Crippen LogP contribution in [0.3, 0.4) is 0 Å². The first-order valence-corrected chi connectivity index (χ1v) is 8.70. The normalized spacial score (nSPS) is 10.3. The molecule has 0 saturated heterocycles. The van der Waals surface area contributed by atoms with Crippen LogP contribution in [0.2, 0.25) is 0 Å². The molecular weight excluding hydrogens is 356 g/mol. The zero-order valence-corrected chi connectivity index (χ0v) is 15.3. The molecule has 3 aromatic rings. The molecule has 0 fully saturated rings. The van der Waals surface area contributed by atoms with Crippen LogP contribution >= 0.6 is 0 Å². The molecule has 1 heterocycles. The third-order valence-electron chi connectivity index (χ3n) is 4.13. The molecule has 7 heteroatoms. The maximum atomic E-state index is 12.6. The lowest BCUT2D eigenvalue weighted by Gasteiger charge is -2.21. The van der Waals surface area contributed by atoms with Gasteiger partial charge in [0.25, 0.3) is 5.91 Å². The Hall–Kier alpha value is -3.79. The molecule has 0 unspecified atom stereocenters. The number of hydrogen-bond acceptors (Lipinski definition) is 6. The highest BCUT2D eigenvalue weighted by Crippen LogP contribution is 2.17. The standard InChI is InChI=1S/C21H18N4O3/c1-15-3-6-17(7-4-15)25(12-2-9-22)20(26)14-28-21(27)16-5-8-18-19(13-16)24-11-10-23-18/h3-8,10-11,13H,2,12,14H2,1H3. The Labute approximate surface area is 162 Å². The zero-order valence-electron chi connectivity index (χ0n) is 15.3. The lowest BCUT2D eigenvalue weighted by molar-refractivity contribution is -0.121. The number of aryl methyl sites for hydroxylation is 1. The van der Waals surface area contributed by atoms with Crippen LogP contribution in [0.4, 0.5) is 5.69 Å². The van der Waals surface area contributed by atoms with Crippen molar-refractivity contribution in [2.24, 2.45) is 0 Å². The molecule has 0 saturated carbocycles. The van der Waals surface area contributed by atoms with Crippen molar-refractivity contribution in [1.29, 1.82) is 5.26 Å². The third-order valence-corrected chi connectivity index (χ3v) is 4.13. The van der Waals surface area contributed by atoms with Crippen molar-refractivity contribution in [3.05, 3.63) is 66.0 Å². The second-order valence-corrected chi connectivity index (χ2v) is 6.13. The van der Waals surface area contributed by atoms with Crippen LogP contribution in [0.15, 0.2) is 54.9 Å². The number of anilines is 1. The average Bonchev–Trinajstić information content (AvgIpc) is 2.73. The molecule has 0 bridgehead atoms. The number of aromatic nitrogens is 2. The van der Waals surface area contributed by atoms with Crippen LogP contribution in [-0.2, 0) is 9.53 Å². The third kappa shape index (κ3) is 4.48. The van der Waals surface area contributed by atoms with Gasteiger partial charge in [0.1, 0.15) is 0 Å². The van der Waals surface area contributed by atoms with E-state index in [-0.39, 0.29) is 13.0 Å². The van der Waals surface area contributed by atoms with E-state index >= 15 is 0 Å². The van der Waals surface area contributed by atoms with Gasteiger partial charge in [-0.15, -0.1) is 0 Å². The van der Waals surface area contributed by atoms with Crippen LogP contribution in [0, 0.1) is 18.3 Å². The summed E-state index contributed by atoms with van der Waals surface area (Å²) in [7, 11) is 0. The molecule has 140 valence electrons. The number of benzene rings is 2. The van der Waals surface area contributed by atoms with Crippen molar-refractivity contribution in [3.63, 3.8) is 0 Å². The van der Waals surface area contributed by atoms with Gasteiger partial charge >= 0.3 is 5.97 Å². The van der Waals surface area contributed by atoms with Crippen molar-refractivity contribution < 1.29 is 14.3 Å². The monoisotopic (exact) mass is 374 g/mol. The highest BCUT2D eigenvalue weighted by atomic mass is 16.5. The van der Waals surface area contributed by atoms with Gasteiger partial charge in [-0.1, -0.05) is 17.7 Å². The Morgan fingerprint density at radius 3 is 2.50 bits per heavy atom. The molecule has 28 heavy (non-hydrogen) atoms. The predicted molar refractivity (Wildman–Crippen MR) is 104 cm³/mol. The van der Waals surface area contributed by atoms with Crippen molar-refractivity contribution in [2.75, 3.05) is 18.1 Å². The molecule has 0 radical (unpaired) electrons. The smallest absolute Gasteiger partial charge is 0.338 e. The zero-order chi connectivity index (χ0) is 19.9. The van der Waals surface area contributed by atoms with Crippen molar-refractivity contribution in [1.82, 2.24) is 9.97 Å². The lowest BCUT2D eigenvalue weighted by Crippen LogP contribution is -2.35. The van der Waals surface area contributed by atoms with Gasteiger partial charge in [-0.25, -0.2) is 4.79 Å². The Balaban J connectivity index is 1.69. The predicted octanol–water partition coefficient (Wildman–Crippen LogP) is 3.04. The summed E-state index contributed by atoms with van der Waals surface area (Å²) in [5, 5.41) is 8.86. The van der Waals surface area contributed by atoms with E-state index in [1.54, 1.807) is 36.5 Å². The first-order valence-electron chi connectivity index (χ1n) is 8.70. The number of esters is 1. The van der Waals surface area contributed by atoms with Crippen LogP contribution in [0.5, 0.6) is 0 Å². The summed E-state index contributed by atoms with van der Waals surface area (Å²) in [4.78, 5) is 34.7. The van der Waals surface area contributed by atoms with Gasteiger partial charge in [-0.3, -0.25) is 14.8 Å². The minimum atomic E-state index is -0.620. The quantitative estimate of drug-likeness (QED) is 0.615. The van der Waals surface area contributed by atoms with Gasteiger partial charge in [0.2, 0.25) is 0 Å². The van der Waals surface area contributed by atoms with E-state index < -0.39 is 18.5 Å². The van der Waals surface area contributed by atoms with Gasteiger partial charge in [0.05, 0.1) is 29.1 Å². The molecular formula is C21H18N4O3. The fourth-order valence-corrected chi connectivity index (χ4v) is 2.66. The van der Waals surface area contributed by atoms with Crippen molar-refractivity contribution in [2.45, 2.75) is 13.3 Å². The molecule has 0 aliphatic carbocycles. The molecule has 2 aromatic carbocycles. The Morgan fingerprint density at radius 2 is 1.79 bits per heavy atom. The van der Waals surface area contributed by atoms with Crippen LogP contribution in [0.25, 0.3) is 11.0 Å². The highest BCUT2D eigenvalue weighted by Gasteiger charge is 2.18. The Bertz CT molecular complexity index is 1040. The molecule has 1 aromatic heterocycles. The second kappa shape index (κ2) is 8.73. The fourth-order valence-electron chi connectivity index (χ4n) is 2.66. The maximum Gasteiger partial charge on any atom is 0.338 e. The summed E-state index contributed by atoms with van der Waals surface area (Å²) < 4.78 is 5.18. The summed E-state index contributed by atoms with van der Waals surface area (Å²) in [5.74, 6) is -1.02. The van der Waals surface area contributed by atoms with E-state index in [2.05, 4.69) is 9.97 Å².